The molecular formula is C26H33FN2O8S2. The first-order chi connectivity index (χ1) is 18.1. The molecule has 10 nitrogen and oxygen atoms in total. The van der Waals surface area contributed by atoms with E-state index in [2.05, 4.69) is 0 Å². The first kappa shape index (κ1) is 30.5. The van der Waals surface area contributed by atoms with Crippen molar-refractivity contribution in [3.8, 4) is 5.75 Å². The van der Waals surface area contributed by atoms with Crippen LogP contribution in [0.4, 0.5) is 14.2 Å². The third-order valence-electron chi connectivity index (χ3n) is 6.38. The number of urea groups is 1. The largest absolute Gasteiger partial charge is 0.496 e. The van der Waals surface area contributed by atoms with E-state index in [1.54, 1.807) is 20.8 Å². The van der Waals surface area contributed by atoms with Crippen LogP contribution in [0.2, 0.25) is 0 Å². The molecule has 0 aliphatic carbocycles. The molecule has 2 heterocycles. The fraction of sp³-hybridized carbons (Fsp3) is 0.500. The number of esters is 1. The minimum Gasteiger partial charge on any atom is -0.496 e. The van der Waals surface area contributed by atoms with Gasteiger partial charge in [0.25, 0.3) is 10.0 Å². The molecule has 2 aromatic rings. The molecule has 0 N–H and O–H groups in total. The summed E-state index contributed by atoms with van der Waals surface area (Å²) >= 11 is 0.793. The molecule has 1 aromatic carbocycles. The van der Waals surface area contributed by atoms with Crippen LogP contribution in [-0.4, -0.2) is 62.4 Å². The maximum atomic E-state index is 14.3. The van der Waals surface area contributed by atoms with Crippen molar-refractivity contribution in [1.29, 1.82) is 0 Å². The lowest BCUT2D eigenvalue weighted by Gasteiger charge is -2.42. The van der Waals surface area contributed by atoms with E-state index >= 15 is 0 Å². The molecule has 1 atom stereocenters. The van der Waals surface area contributed by atoms with Gasteiger partial charge in [0.1, 0.15) is 38.0 Å². The number of ether oxygens (including phenoxy) is 3. The van der Waals surface area contributed by atoms with Gasteiger partial charge in [0.05, 0.1) is 26.4 Å². The summed E-state index contributed by atoms with van der Waals surface area (Å²) in [5, 5.41) is -0.0242. The Morgan fingerprint density at radius 1 is 1.21 bits per heavy atom. The fourth-order valence-electron chi connectivity index (χ4n) is 4.26. The molecule has 0 radical (unpaired) electrons. The monoisotopic (exact) mass is 584 g/mol. The molecule has 13 heteroatoms. The number of sulfonamides is 1. The molecule has 0 saturated heterocycles. The van der Waals surface area contributed by atoms with E-state index in [0.29, 0.717) is 15.6 Å². The van der Waals surface area contributed by atoms with Gasteiger partial charge in [-0.3, -0.25) is 9.69 Å². The number of carbonyl (C=O) groups excluding carboxylic acids is 3. The molecule has 3 rings (SSSR count). The van der Waals surface area contributed by atoms with Gasteiger partial charge in [0.15, 0.2) is 5.78 Å². The summed E-state index contributed by atoms with van der Waals surface area (Å²) in [6.07, 6.45) is -1.35. The van der Waals surface area contributed by atoms with Crippen LogP contribution in [0.3, 0.4) is 0 Å². The number of thiophene rings is 1. The van der Waals surface area contributed by atoms with Crippen LogP contribution < -0.4 is 9.64 Å². The molecule has 0 bridgehead atoms. The number of amides is 2. The highest BCUT2D eigenvalue weighted by molar-refractivity contribution is 7.90. The van der Waals surface area contributed by atoms with Gasteiger partial charge in [-0.2, -0.15) is 0 Å². The average molecular weight is 585 g/mol. The van der Waals surface area contributed by atoms with Crippen LogP contribution in [0.1, 0.15) is 68.4 Å². The lowest BCUT2D eigenvalue weighted by Crippen LogP contribution is -2.61. The Bertz CT molecular complexity index is 1400. The molecule has 214 valence electrons. The first-order valence-electron chi connectivity index (χ1n) is 12.3. The number of nitrogens with zero attached hydrogens (tertiary/aromatic N) is 2. The average Bonchev–Trinajstić information content (AvgIpc) is 3.18. The molecule has 0 saturated carbocycles. The van der Waals surface area contributed by atoms with Gasteiger partial charge in [-0.25, -0.2) is 26.7 Å². The van der Waals surface area contributed by atoms with Crippen LogP contribution in [0, 0.1) is 12.7 Å². The highest BCUT2D eigenvalue weighted by Gasteiger charge is 2.53. The Labute approximate surface area is 231 Å². The van der Waals surface area contributed by atoms with Crippen molar-refractivity contribution in [2.24, 2.45) is 0 Å². The standard InChI is InChI=1S/C26H33FN2O8S2/c1-9-36-24(31)21-15(4)22-23(38-21)28(25(32)29(39(22,33)34)26(6,7)16(5)30)13-20(37-14(2)3)18-12-17(27)10-11-19(18)35-8/h10-12,14,20H,9,13H2,1-8H3/t20-/m0/s1. The number of methoxy groups -OCH3 is 1. The van der Waals surface area contributed by atoms with Gasteiger partial charge in [-0.1, -0.05) is 0 Å². The normalized spacial score (nSPS) is 15.8. The zero-order chi connectivity index (χ0) is 29.4. The van der Waals surface area contributed by atoms with Crippen molar-refractivity contribution < 1.29 is 41.4 Å². The molecule has 1 aliphatic heterocycles. The molecule has 0 fully saturated rings. The summed E-state index contributed by atoms with van der Waals surface area (Å²) in [5.41, 5.74) is -1.36. The summed E-state index contributed by atoms with van der Waals surface area (Å²) < 4.78 is 59.3. The van der Waals surface area contributed by atoms with Gasteiger partial charge in [-0.15, -0.1) is 11.3 Å². The van der Waals surface area contributed by atoms with Gasteiger partial charge in [-0.05, 0) is 72.2 Å². The molecule has 1 aromatic heterocycles. The predicted octanol–water partition coefficient (Wildman–Crippen LogP) is 4.85. The molecular weight excluding hydrogens is 551 g/mol. The first-order valence-corrected chi connectivity index (χ1v) is 14.5. The number of halogens is 1. The third kappa shape index (κ3) is 5.52. The maximum Gasteiger partial charge on any atom is 0.348 e. The van der Waals surface area contributed by atoms with Crippen LogP contribution in [-0.2, 0) is 24.3 Å². The number of ketones is 1. The number of rotatable bonds is 10. The van der Waals surface area contributed by atoms with Crippen LogP contribution in [0.25, 0.3) is 0 Å². The topological polar surface area (TPSA) is 120 Å². The second kappa shape index (κ2) is 11.2. The summed E-state index contributed by atoms with van der Waals surface area (Å²) in [6, 6.07) is 2.86. The predicted molar refractivity (Wildman–Crippen MR) is 143 cm³/mol. The van der Waals surface area contributed by atoms with Crippen molar-refractivity contribution in [2.45, 2.75) is 71.1 Å². The van der Waals surface area contributed by atoms with E-state index in [4.69, 9.17) is 14.2 Å². The Balaban J connectivity index is 2.30. The minimum absolute atomic E-state index is 0.00960. The van der Waals surface area contributed by atoms with Crippen molar-refractivity contribution in [1.82, 2.24) is 4.31 Å². The Kier molecular flexibility index (Phi) is 8.78. The van der Waals surface area contributed by atoms with Crippen molar-refractivity contribution in [2.75, 3.05) is 25.2 Å². The second-order valence-electron chi connectivity index (χ2n) is 9.75. The molecule has 0 unspecified atom stereocenters. The SMILES string of the molecule is CCOC(=O)c1sc2c(c1C)S(=O)(=O)N(C(C)(C)C(C)=O)C(=O)N2C[C@H](OC(C)C)c1cc(F)ccc1OC. The smallest absolute Gasteiger partial charge is 0.348 e. The van der Waals surface area contributed by atoms with Gasteiger partial charge in [0.2, 0.25) is 0 Å². The summed E-state index contributed by atoms with van der Waals surface area (Å²) in [6.45, 7) is 10.2. The Morgan fingerprint density at radius 2 is 1.85 bits per heavy atom. The molecule has 1 aliphatic rings. The number of Topliss-reactive ketones (excluding diaryl/α,β-unsaturated/α-hetero) is 1. The van der Waals surface area contributed by atoms with Crippen LogP contribution in [0.15, 0.2) is 23.1 Å². The molecule has 2 amide bonds. The van der Waals surface area contributed by atoms with Crippen LogP contribution in [0.5, 0.6) is 5.75 Å². The van der Waals surface area contributed by atoms with E-state index < -0.39 is 45.3 Å². The van der Waals surface area contributed by atoms with E-state index in [1.165, 1.54) is 53.0 Å². The van der Waals surface area contributed by atoms with E-state index in [0.717, 1.165) is 16.2 Å². The number of benzene rings is 1. The Morgan fingerprint density at radius 3 is 2.38 bits per heavy atom. The third-order valence-corrected chi connectivity index (χ3v) is 9.91. The van der Waals surface area contributed by atoms with Gasteiger partial charge < -0.3 is 14.2 Å². The van der Waals surface area contributed by atoms with Crippen LogP contribution >= 0.6 is 11.3 Å². The quantitative estimate of drug-likeness (QED) is 0.364. The van der Waals surface area contributed by atoms with Gasteiger partial charge in [0, 0.05) is 5.56 Å². The molecule has 39 heavy (non-hydrogen) atoms. The molecule has 0 spiro atoms. The number of hydrogen-bond donors (Lipinski definition) is 0. The highest BCUT2D eigenvalue weighted by Crippen LogP contribution is 2.47. The summed E-state index contributed by atoms with van der Waals surface area (Å²) in [5.74, 6) is -1.57. The lowest BCUT2D eigenvalue weighted by molar-refractivity contribution is -0.123. The highest BCUT2D eigenvalue weighted by atomic mass is 32.2. The van der Waals surface area contributed by atoms with Crippen molar-refractivity contribution >= 4 is 44.1 Å². The zero-order valence-electron chi connectivity index (χ0n) is 23.2. The Hall–Kier alpha value is -3.03. The summed E-state index contributed by atoms with van der Waals surface area (Å²) in [7, 11) is -3.16. The fourth-order valence-corrected chi connectivity index (χ4v) is 7.90. The number of hydrogen-bond acceptors (Lipinski definition) is 9. The maximum absolute atomic E-state index is 14.3. The zero-order valence-corrected chi connectivity index (χ0v) is 24.8. The number of carbonyl (C=O) groups is 3. The second-order valence-corrected chi connectivity index (χ2v) is 12.5. The van der Waals surface area contributed by atoms with E-state index in [-0.39, 0.29) is 39.6 Å². The number of fused-ring (bicyclic) bond motifs is 1. The lowest BCUT2D eigenvalue weighted by atomic mass is 10.0. The van der Waals surface area contributed by atoms with Gasteiger partial charge >= 0.3 is 12.0 Å². The van der Waals surface area contributed by atoms with Crippen molar-refractivity contribution in [3.05, 3.63) is 40.0 Å². The van der Waals surface area contributed by atoms with Crippen molar-refractivity contribution in [3.63, 3.8) is 0 Å². The van der Waals surface area contributed by atoms with E-state index in [1.807, 2.05) is 0 Å². The van der Waals surface area contributed by atoms with E-state index in [9.17, 15) is 27.2 Å². The minimum atomic E-state index is -4.57. The number of anilines is 1. The summed E-state index contributed by atoms with van der Waals surface area (Å²) in [4.78, 5) is 40.2.